The van der Waals surface area contributed by atoms with E-state index in [1.54, 1.807) is 54.6 Å². The van der Waals surface area contributed by atoms with Crippen LogP contribution in [0, 0.1) is 6.92 Å². The summed E-state index contributed by atoms with van der Waals surface area (Å²) >= 11 is 5.85. The van der Waals surface area contributed by atoms with E-state index < -0.39 is 10.0 Å². The Bertz CT molecular complexity index is 1080. The first-order chi connectivity index (χ1) is 12.8. The molecule has 3 aromatic rings. The van der Waals surface area contributed by atoms with Crippen molar-refractivity contribution in [2.45, 2.75) is 11.8 Å². The first-order valence-electron chi connectivity index (χ1n) is 8.26. The maximum atomic E-state index is 12.3. The Kier molecular flexibility index (Phi) is 5.74. The molecule has 1 aromatic heterocycles. The third kappa shape index (κ3) is 4.82. The zero-order valence-electron chi connectivity index (χ0n) is 14.6. The number of pyridine rings is 1. The molecule has 0 bridgehead atoms. The van der Waals surface area contributed by atoms with Crippen molar-refractivity contribution in [3.05, 3.63) is 70.9 Å². The van der Waals surface area contributed by atoms with Gasteiger partial charge in [-0.25, -0.2) is 18.1 Å². The van der Waals surface area contributed by atoms with Crippen molar-refractivity contribution >= 4 is 38.4 Å². The molecule has 0 saturated heterocycles. The minimum absolute atomic E-state index is 0.0900. The smallest absolute Gasteiger partial charge is 0.251 e. The number of aromatic nitrogens is 1. The van der Waals surface area contributed by atoms with Gasteiger partial charge in [0.2, 0.25) is 10.0 Å². The molecule has 0 aliphatic heterocycles. The highest BCUT2D eigenvalue weighted by Gasteiger charge is 2.13. The third-order valence-corrected chi connectivity index (χ3v) is 5.64. The van der Waals surface area contributed by atoms with Gasteiger partial charge < -0.3 is 5.32 Å². The fourth-order valence-electron chi connectivity index (χ4n) is 2.51. The predicted octanol–water partition coefficient (Wildman–Crippen LogP) is 2.90. The standard InChI is InChI=1S/C19H18ClN3O3S/c1-13-2-6-16(7-3-13)27(25,26)22-11-10-21-19(24)15-4-8-17-14(12-15)5-9-18(20)23-17/h2-9,12,22H,10-11H2,1H3,(H,21,24). The van der Waals surface area contributed by atoms with Gasteiger partial charge in [0.15, 0.2) is 0 Å². The Labute approximate surface area is 162 Å². The monoisotopic (exact) mass is 403 g/mol. The number of carbonyl (C=O) groups excluding carboxylic acids is 1. The number of rotatable bonds is 6. The Morgan fingerprint density at radius 1 is 1.04 bits per heavy atom. The lowest BCUT2D eigenvalue weighted by Crippen LogP contribution is -2.34. The molecule has 0 radical (unpaired) electrons. The molecule has 6 nitrogen and oxygen atoms in total. The number of halogens is 1. The number of hydrogen-bond acceptors (Lipinski definition) is 4. The number of nitrogens with one attached hydrogen (secondary N) is 2. The third-order valence-electron chi connectivity index (χ3n) is 3.95. The number of benzene rings is 2. The van der Waals surface area contributed by atoms with Crippen LogP contribution in [0.2, 0.25) is 5.15 Å². The molecular weight excluding hydrogens is 386 g/mol. The average molecular weight is 404 g/mol. The van der Waals surface area contributed by atoms with Crippen LogP contribution in [0.15, 0.2) is 59.5 Å². The molecule has 0 aliphatic rings. The lowest BCUT2D eigenvalue weighted by molar-refractivity contribution is 0.0954. The zero-order valence-corrected chi connectivity index (χ0v) is 16.1. The van der Waals surface area contributed by atoms with Gasteiger partial charge in [0.1, 0.15) is 5.15 Å². The van der Waals surface area contributed by atoms with E-state index in [1.165, 1.54) is 0 Å². The fraction of sp³-hybridized carbons (Fsp3) is 0.158. The van der Waals surface area contributed by atoms with E-state index in [0.717, 1.165) is 10.9 Å². The van der Waals surface area contributed by atoms with Crippen LogP contribution in [0.3, 0.4) is 0 Å². The van der Waals surface area contributed by atoms with Gasteiger partial charge in [-0.15, -0.1) is 0 Å². The highest BCUT2D eigenvalue weighted by Crippen LogP contribution is 2.17. The summed E-state index contributed by atoms with van der Waals surface area (Å²) in [5.74, 6) is -0.290. The average Bonchev–Trinajstić information content (AvgIpc) is 2.65. The molecular formula is C19H18ClN3O3S. The van der Waals surface area contributed by atoms with Crippen LogP contribution in [0.5, 0.6) is 0 Å². The number of hydrogen-bond donors (Lipinski definition) is 2. The SMILES string of the molecule is Cc1ccc(S(=O)(=O)NCCNC(=O)c2ccc3nc(Cl)ccc3c2)cc1. The van der Waals surface area contributed by atoms with Crippen molar-refractivity contribution in [3.8, 4) is 0 Å². The van der Waals surface area contributed by atoms with Crippen LogP contribution < -0.4 is 10.0 Å². The van der Waals surface area contributed by atoms with Gasteiger partial charge in [-0.1, -0.05) is 29.3 Å². The van der Waals surface area contributed by atoms with Crippen LogP contribution in [-0.4, -0.2) is 32.4 Å². The number of sulfonamides is 1. The van der Waals surface area contributed by atoms with Crippen molar-refractivity contribution < 1.29 is 13.2 Å². The summed E-state index contributed by atoms with van der Waals surface area (Å²) in [5.41, 5.74) is 2.15. The van der Waals surface area contributed by atoms with E-state index in [4.69, 9.17) is 11.6 Å². The molecule has 1 amide bonds. The zero-order chi connectivity index (χ0) is 19.4. The van der Waals surface area contributed by atoms with Gasteiger partial charge in [-0.2, -0.15) is 0 Å². The highest BCUT2D eigenvalue weighted by molar-refractivity contribution is 7.89. The van der Waals surface area contributed by atoms with Crippen molar-refractivity contribution in [1.29, 1.82) is 0 Å². The lowest BCUT2D eigenvalue weighted by atomic mass is 10.1. The number of amides is 1. The molecule has 2 N–H and O–H groups in total. The van der Waals surface area contributed by atoms with Crippen molar-refractivity contribution in [2.24, 2.45) is 0 Å². The first kappa shape index (κ1) is 19.3. The van der Waals surface area contributed by atoms with Gasteiger partial charge in [0.05, 0.1) is 10.4 Å². The minimum atomic E-state index is -3.59. The maximum absolute atomic E-state index is 12.3. The minimum Gasteiger partial charge on any atom is -0.351 e. The van der Waals surface area contributed by atoms with Crippen molar-refractivity contribution in [2.75, 3.05) is 13.1 Å². The Morgan fingerprint density at radius 3 is 2.52 bits per heavy atom. The Morgan fingerprint density at radius 2 is 1.78 bits per heavy atom. The quantitative estimate of drug-likeness (QED) is 0.489. The predicted molar refractivity (Wildman–Crippen MR) is 105 cm³/mol. The second-order valence-electron chi connectivity index (χ2n) is 6.01. The molecule has 27 heavy (non-hydrogen) atoms. The number of fused-ring (bicyclic) bond motifs is 1. The molecule has 2 aromatic carbocycles. The van der Waals surface area contributed by atoms with Crippen LogP contribution in [0.25, 0.3) is 10.9 Å². The second kappa shape index (κ2) is 8.04. The van der Waals surface area contributed by atoms with Crippen molar-refractivity contribution in [1.82, 2.24) is 15.0 Å². The molecule has 0 saturated carbocycles. The summed E-state index contributed by atoms with van der Waals surface area (Å²) in [6.45, 7) is 2.14. The van der Waals surface area contributed by atoms with Gasteiger partial charge >= 0.3 is 0 Å². The largest absolute Gasteiger partial charge is 0.351 e. The molecule has 140 valence electrons. The van der Waals surface area contributed by atoms with E-state index in [1.807, 2.05) is 6.92 Å². The number of nitrogens with zero attached hydrogens (tertiary/aromatic N) is 1. The highest BCUT2D eigenvalue weighted by atomic mass is 35.5. The van der Waals surface area contributed by atoms with E-state index in [2.05, 4.69) is 15.0 Å². The topological polar surface area (TPSA) is 88.2 Å². The van der Waals surface area contributed by atoms with Gasteiger partial charge in [0, 0.05) is 24.0 Å². The summed E-state index contributed by atoms with van der Waals surface area (Å²) in [6, 6.07) is 15.1. The Balaban J connectivity index is 1.56. The van der Waals surface area contributed by atoms with E-state index in [-0.39, 0.29) is 23.9 Å². The molecule has 0 spiro atoms. The molecule has 0 atom stereocenters. The summed E-state index contributed by atoms with van der Waals surface area (Å²) < 4.78 is 26.9. The van der Waals surface area contributed by atoms with Gasteiger partial charge in [-0.05, 0) is 49.4 Å². The van der Waals surface area contributed by atoms with Crippen LogP contribution >= 0.6 is 11.6 Å². The van der Waals surface area contributed by atoms with E-state index in [0.29, 0.717) is 16.2 Å². The lowest BCUT2D eigenvalue weighted by Gasteiger charge is -2.09. The van der Waals surface area contributed by atoms with E-state index in [9.17, 15) is 13.2 Å². The van der Waals surface area contributed by atoms with Gasteiger partial charge in [0.25, 0.3) is 5.91 Å². The summed E-state index contributed by atoms with van der Waals surface area (Å²) in [7, 11) is -3.59. The summed E-state index contributed by atoms with van der Waals surface area (Å²) in [6.07, 6.45) is 0. The second-order valence-corrected chi connectivity index (χ2v) is 8.16. The number of aryl methyl sites for hydroxylation is 1. The molecule has 0 fully saturated rings. The molecule has 3 rings (SSSR count). The molecule has 0 aliphatic carbocycles. The van der Waals surface area contributed by atoms with Crippen LogP contribution in [0.4, 0.5) is 0 Å². The maximum Gasteiger partial charge on any atom is 0.251 e. The summed E-state index contributed by atoms with van der Waals surface area (Å²) in [4.78, 5) is 16.6. The van der Waals surface area contributed by atoms with Crippen molar-refractivity contribution in [3.63, 3.8) is 0 Å². The summed E-state index contributed by atoms with van der Waals surface area (Å²) in [5, 5.41) is 3.88. The van der Waals surface area contributed by atoms with E-state index >= 15 is 0 Å². The molecule has 0 unspecified atom stereocenters. The van der Waals surface area contributed by atoms with Crippen LogP contribution in [0.1, 0.15) is 15.9 Å². The first-order valence-corrected chi connectivity index (χ1v) is 10.1. The molecule has 1 heterocycles. The van der Waals surface area contributed by atoms with Crippen LogP contribution in [-0.2, 0) is 10.0 Å². The Hall–Kier alpha value is -2.48. The molecule has 8 heteroatoms. The number of carbonyl (C=O) groups is 1. The fourth-order valence-corrected chi connectivity index (χ4v) is 3.69. The van der Waals surface area contributed by atoms with Gasteiger partial charge in [-0.3, -0.25) is 4.79 Å². The normalized spacial score (nSPS) is 11.5.